The summed E-state index contributed by atoms with van der Waals surface area (Å²) in [6.45, 7) is 12.8. The predicted molar refractivity (Wildman–Crippen MR) is 60.6 cm³/mol. The molecule has 0 bridgehead atoms. The molecule has 0 radical (unpaired) electrons. The van der Waals surface area contributed by atoms with E-state index in [4.69, 9.17) is 9.47 Å². The fourth-order valence-electron chi connectivity index (χ4n) is 0.981. The van der Waals surface area contributed by atoms with E-state index in [0.717, 1.165) is 12.0 Å². The zero-order valence-corrected chi connectivity index (χ0v) is 9.67. The van der Waals surface area contributed by atoms with Gasteiger partial charge in [-0.25, -0.2) is 4.79 Å². The molecule has 0 rings (SSSR count). The Bertz CT molecular complexity index is 231. The minimum Gasteiger partial charge on any atom is -0.463 e. The summed E-state index contributed by atoms with van der Waals surface area (Å²) in [4.78, 5) is 11.2. The van der Waals surface area contributed by atoms with Crippen molar-refractivity contribution in [2.45, 2.75) is 26.7 Å². The van der Waals surface area contributed by atoms with Gasteiger partial charge < -0.3 is 9.47 Å². The van der Waals surface area contributed by atoms with Crippen molar-refractivity contribution < 1.29 is 14.3 Å². The standard InChI is InChI=1S/C12H20O3/c1-5-14-9-10(3)7-8-11(4)12(13)15-6-2/h3-9H2,1-2H3. The Morgan fingerprint density at radius 3 is 2.33 bits per heavy atom. The first-order chi connectivity index (χ1) is 7.11. The van der Waals surface area contributed by atoms with Gasteiger partial charge in [-0.1, -0.05) is 18.7 Å². The molecule has 0 amide bonds. The van der Waals surface area contributed by atoms with E-state index in [-0.39, 0.29) is 5.97 Å². The van der Waals surface area contributed by atoms with Crippen LogP contribution in [0.15, 0.2) is 24.3 Å². The van der Waals surface area contributed by atoms with Crippen molar-refractivity contribution in [1.82, 2.24) is 0 Å². The maximum Gasteiger partial charge on any atom is 0.333 e. The fourth-order valence-corrected chi connectivity index (χ4v) is 0.981. The number of rotatable bonds is 8. The molecule has 86 valence electrons. The van der Waals surface area contributed by atoms with Gasteiger partial charge in [-0.2, -0.15) is 0 Å². The van der Waals surface area contributed by atoms with E-state index in [1.807, 2.05) is 6.92 Å². The summed E-state index contributed by atoms with van der Waals surface area (Å²) in [6, 6.07) is 0. The van der Waals surface area contributed by atoms with E-state index < -0.39 is 0 Å². The van der Waals surface area contributed by atoms with Crippen LogP contribution in [-0.2, 0) is 14.3 Å². The van der Waals surface area contributed by atoms with Crippen LogP contribution >= 0.6 is 0 Å². The summed E-state index contributed by atoms with van der Waals surface area (Å²) in [6.07, 6.45) is 1.31. The minimum absolute atomic E-state index is 0.318. The molecule has 0 aliphatic heterocycles. The van der Waals surface area contributed by atoms with Crippen LogP contribution in [0.1, 0.15) is 26.7 Å². The lowest BCUT2D eigenvalue weighted by Crippen LogP contribution is -2.07. The number of ether oxygens (including phenoxy) is 2. The minimum atomic E-state index is -0.318. The summed E-state index contributed by atoms with van der Waals surface area (Å²) < 4.78 is 10.0. The Hall–Kier alpha value is -1.09. The van der Waals surface area contributed by atoms with Gasteiger partial charge in [0.2, 0.25) is 0 Å². The number of carbonyl (C=O) groups is 1. The average molecular weight is 212 g/mol. The number of hydrogen-bond donors (Lipinski definition) is 0. The molecule has 15 heavy (non-hydrogen) atoms. The van der Waals surface area contributed by atoms with E-state index in [1.165, 1.54) is 0 Å². The second-order valence-electron chi connectivity index (χ2n) is 3.21. The van der Waals surface area contributed by atoms with Crippen molar-refractivity contribution in [2.24, 2.45) is 0 Å². The van der Waals surface area contributed by atoms with Crippen LogP contribution in [0, 0.1) is 0 Å². The first kappa shape index (κ1) is 13.9. The molecule has 0 heterocycles. The maximum atomic E-state index is 11.2. The summed E-state index contributed by atoms with van der Waals surface area (Å²) in [5.41, 5.74) is 1.47. The molecule has 0 aromatic heterocycles. The highest BCUT2D eigenvalue weighted by Gasteiger charge is 2.07. The van der Waals surface area contributed by atoms with Crippen LogP contribution in [0.5, 0.6) is 0 Å². The lowest BCUT2D eigenvalue weighted by Gasteiger charge is -2.07. The fraction of sp³-hybridized carbons (Fsp3) is 0.583. The zero-order valence-electron chi connectivity index (χ0n) is 9.67. The van der Waals surface area contributed by atoms with Crippen molar-refractivity contribution in [3.8, 4) is 0 Å². The van der Waals surface area contributed by atoms with E-state index in [2.05, 4.69) is 13.2 Å². The van der Waals surface area contributed by atoms with E-state index in [0.29, 0.717) is 31.8 Å². The second kappa shape index (κ2) is 8.24. The number of carbonyl (C=O) groups excluding carboxylic acids is 1. The van der Waals surface area contributed by atoms with Crippen molar-refractivity contribution >= 4 is 5.97 Å². The van der Waals surface area contributed by atoms with E-state index >= 15 is 0 Å². The van der Waals surface area contributed by atoms with Crippen molar-refractivity contribution in [2.75, 3.05) is 19.8 Å². The van der Waals surface area contributed by atoms with Gasteiger partial charge in [0.25, 0.3) is 0 Å². The largest absolute Gasteiger partial charge is 0.463 e. The van der Waals surface area contributed by atoms with E-state index in [1.54, 1.807) is 6.92 Å². The van der Waals surface area contributed by atoms with Gasteiger partial charge in [-0.15, -0.1) is 0 Å². The van der Waals surface area contributed by atoms with Crippen molar-refractivity contribution in [3.05, 3.63) is 24.3 Å². The Kier molecular flexibility index (Phi) is 7.64. The normalized spacial score (nSPS) is 9.73. The number of esters is 1. The van der Waals surface area contributed by atoms with E-state index in [9.17, 15) is 4.79 Å². The van der Waals surface area contributed by atoms with Crippen LogP contribution in [0.4, 0.5) is 0 Å². The van der Waals surface area contributed by atoms with Gasteiger partial charge in [0.1, 0.15) is 0 Å². The summed E-state index contributed by atoms with van der Waals surface area (Å²) >= 11 is 0. The van der Waals surface area contributed by atoms with Crippen LogP contribution in [-0.4, -0.2) is 25.8 Å². The van der Waals surface area contributed by atoms with Crippen LogP contribution < -0.4 is 0 Å². The molecule has 0 N–H and O–H groups in total. The third kappa shape index (κ3) is 6.91. The third-order valence-corrected chi connectivity index (χ3v) is 1.85. The summed E-state index contributed by atoms with van der Waals surface area (Å²) in [5.74, 6) is -0.318. The van der Waals surface area contributed by atoms with Gasteiger partial charge in [0, 0.05) is 12.2 Å². The molecule has 3 nitrogen and oxygen atoms in total. The molecule has 0 unspecified atom stereocenters. The maximum absolute atomic E-state index is 11.2. The monoisotopic (exact) mass is 212 g/mol. The van der Waals surface area contributed by atoms with Crippen molar-refractivity contribution in [1.29, 1.82) is 0 Å². The lowest BCUT2D eigenvalue weighted by molar-refractivity contribution is -0.138. The van der Waals surface area contributed by atoms with Gasteiger partial charge in [0.05, 0.1) is 13.2 Å². The first-order valence-corrected chi connectivity index (χ1v) is 5.21. The molecule has 0 saturated carbocycles. The lowest BCUT2D eigenvalue weighted by atomic mass is 10.1. The Balaban J connectivity index is 3.70. The number of hydrogen-bond acceptors (Lipinski definition) is 3. The zero-order chi connectivity index (χ0) is 11.7. The Morgan fingerprint density at radius 2 is 1.80 bits per heavy atom. The molecule has 0 atom stereocenters. The van der Waals surface area contributed by atoms with Gasteiger partial charge in [-0.05, 0) is 26.7 Å². The van der Waals surface area contributed by atoms with Gasteiger partial charge >= 0.3 is 5.97 Å². The summed E-state index contributed by atoms with van der Waals surface area (Å²) in [5, 5.41) is 0. The topological polar surface area (TPSA) is 35.5 Å². The molecule has 3 heteroatoms. The molecule has 0 aliphatic carbocycles. The molecule has 0 fully saturated rings. The second-order valence-corrected chi connectivity index (χ2v) is 3.21. The molecule has 0 saturated heterocycles. The third-order valence-electron chi connectivity index (χ3n) is 1.85. The molecule has 0 aromatic rings. The highest BCUT2D eigenvalue weighted by molar-refractivity contribution is 5.87. The first-order valence-electron chi connectivity index (χ1n) is 5.21. The van der Waals surface area contributed by atoms with Gasteiger partial charge in [0.15, 0.2) is 0 Å². The smallest absolute Gasteiger partial charge is 0.333 e. The SMILES string of the molecule is C=C(CCC(=C)C(=O)OCC)COCC. The van der Waals surface area contributed by atoms with Crippen molar-refractivity contribution in [3.63, 3.8) is 0 Å². The summed E-state index contributed by atoms with van der Waals surface area (Å²) in [7, 11) is 0. The average Bonchev–Trinajstić information content (AvgIpc) is 2.23. The quantitative estimate of drug-likeness (QED) is 0.352. The van der Waals surface area contributed by atoms with Crippen LogP contribution in [0.25, 0.3) is 0 Å². The van der Waals surface area contributed by atoms with Crippen LogP contribution in [0.3, 0.4) is 0 Å². The molecule has 0 aliphatic rings. The molecule has 0 aromatic carbocycles. The molecular weight excluding hydrogens is 192 g/mol. The molecular formula is C12H20O3. The van der Waals surface area contributed by atoms with Crippen LogP contribution in [0.2, 0.25) is 0 Å². The Morgan fingerprint density at radius 1 is 1.13 bits per heavy atom. The molecule has 0 spiro atoms. The van der Waals surface area contributed by atoms with Gasteiger partial charge in [-0.3, -0.25) is 0 Å². The highest BCUT2D eigenvalue weighted by Crippen LogP contribution is 2.10. The highest BCUT2D eigenvalue weighted by atomic mass is 16.5. The Labute approximate surface area is 91.8 Å². The predicted octanol–water partition coefficient (Wildman–Crippen LogP) is 2.48.